The first-order valence-corrected chi connectivity index (χ1v) is 8.68. The third kappa shape index (κ3) is 2.41. The molecule has 1 unspecified atom stereocenters. The number of nitrogens with one attached hydrogen (secondary N) is 2. The molecule has 0 amide bonds. The fourth-order valence-electron chi connectivity index (χ4n) is 3.11. The first-order chi connectivity index (χ1) is 12.1. The van der Waals surface area contributed by atoms with Gasteiger partial charge in [0.05, 0.1) is 11.9 Å². The molecule has 16 heteroatoms. The number of H-pyrrole nitrogens is 1. The molecule has 1 aromatic heterocycles. The fraction of sp³-hybridized carbons (Fsp3) is 0.600. The van der Waals surface area contributed by atoms with Gasteiger partial charge < -0.3 is 30.9 Å². The molecule has 0 aliphatic carbocycles. The first kappa shape index (κ1) is 17.3. The van der Waals surface area contributed by atoms with Crippen molar-refractivity contribution in [3.8, 4) is 0 Å². The van der Waals surface area contributed by atoms with Crippen molar-refractivity contribution in [3.05, 3.63) is 15.3 Å². The standard InChI is InChI=1S/C10H13N6O9P/c11-9-13-6-3(7(17)14-9)12-4-8(16(6)15-20)24-2-1-23-26(21,22)25-5(2)10(4,18)19/h2,4-5,8,12,18-19H,1H2,(H,21,22)(H3,11,13,14,17)/t2-,4-,5+,8-/m1/s1. The molecule has 4 rings (SSSR count). The van der Waals surface area contributed by atoms with E-state index in [1.54, 1.807) is 0 Å². The third-order valence-electron chi connectivity index (χ3n) is 4.23. The van der Waals surface area contributed by atoms with Crippen LogP contribution < -0.4 is 21.6 Å². The maximum atomic E-state index is 12.1. The molecular weight excluding hydrogens is 379 g/mol. The average Bonchev–Trinajstić information content (AvgIpc) is 2.54. The Kier molecular flexibility index (Phi) is 3.61. The van der Waals surface area contributed by atoms with Crippen molar-refractivity contribution in [1.82, 2.24) is 9.97 Å². The monoisotopic (exact) mass is 392 g/mol. The van der Waals surface area contributed by atoms with Crippen molar-refractivity contribution in [2.24, 2.45) is 5.29 Å². The van der Waals surface area contributed by atoms with Gasteiger partial charge in [-0.1, -0.05) is 0 Å². The van der Waals surface area contributed by atoms with Crippen LogP contribution >= 0.6 is 7.82 Å². The molecule has 142 valence electrons. The molecule has 2 saturated heterocycles. The van der Waals surface area contributed by atoms with E-state index in [0.717, 1.165) is 0 Å². The number of aromatic amines is 1. The van der Waals surface area contributed by atoms with Gasteiger partial charge >= 0.3 is 7.82 Å². The van der Waals surface area contributed by atoms with Gasteiger partial charge in [0.15, 0.2) is 18.1 Å². The number of nitroso groups, excluding NO2 is 1. The highest BCUT2D eigenvalue weighted by molar-refractivity contribution is 7.47. The van der Waals surface area contributed by atoms with E-state index in [1.807, 2.05) is 0 Å². The van der Waals surface area contributed by atoms with Gasteiger partial charge in [-0.25, -0.2) is 4.57 Å². The second kappa shape index (κ2) is 5.43. The van der Waals surface area contributed by atoms with Crippen molar-refractivity contribution in [3.63, 3.8) is 0 Å². The zero-order valence-electron chi connectivity index (χ0n) is 12.7. The van der Waals surface area contributed by atoms with Crippen molar-refractivity contribution >= 4 is 25.3 Å². The fourth-order valence-corrected chi connectivity index (χ4v) is 4.09. The van der Waals surface area contributed by atoms with Gasteiger partial charge in [0.2, 0.25) is 11.7 Å². The second-order valence-electron chi connectivity index (χ2n) is 5.84. The summed E-state index contributed by atoms with van der Waals surface area (Å²) in [6.45, 7) is -0.519. The molecular formula is C10H13N6O9P. The van der Waals surface area contributed by atoms with Crippen LogP contribution in [-0.2, 0) is 18.3 Å². The minimum atomic E-state index is -4.53. The number of fused-ring (bicyclic) bond motifs is 3. The number of hydrogen-bond acceptors (Lipinski definition) is 12. The van der Waals surface area contributed by atoms with Gasteiger partial charge in [-0.15, -0.1) is 4.91 Å². The van der Waals surface area contributed by atoms with Crippen LogP contribution in [0.15, 0.2) is 10.1 Å². The average molecular weight is 392 g/mol. The highest BCUT2D eigenvalue weighted by Crippen LogP contribution is 2.53. The van der Waals surface area contributed by atoms with Crippen LogP contribution in [0.25, 0.3) is 0 Å². The minimum absolute atomic E-state index is 0.290. The van der Waals surface area contributed by atoms with Gasteiger partial charge in [0, 0.05) is 0 Å². The van der Waals surface area contributed by atoms with Crippen LogP contribution in [0.5, 0.6) is 0 Å². The highest BCUT2D eigenvalue weighted by Gasteiger charge is 2.63. The second-order valence-corrected chi connectivity index (χ2v) is 7.24. The summed E-state index contributed by atoms with van der Waals surface area (Å²) in [5.74, 6) is -3.44. The predicted molar refractivity (Wildman–Crippen MR) is 81.4 cm³/mol. The smallest absolute Gasteiger partial charge is 0.369 e. The number of ether oxygens (including phenoxy) is 1. The molecule has 0 aromatic carbocycles. The van der Waals surface area contributed by atoms with Crippen LogP contribution in [0.2, 0.25) is 0 Å². The molecule has 0 bridgehead atoms. The summed E-state index contributed by atoms with van der Waals surface area (Å²) in [6.07, 6.45) is -4.39. The first-order valence-electron chi connectivity index (χ1n) is 7.19. The Balaban J connectivity index is 1.81. The number of rotatable bonds is 1. The van der Waals surface area contributed by atoms with Crippen molar-refractivity contribution in [2.45, 2.75) is 30.3 Å². The number of aromatic nitrogens is 2. The Hall–Kier alpha value is -2.13. The lowest BCUT2D eigenvalue weighted by Gasteiger charge is -2.53. The maximum Gasteiger partial charge on any atom is 0.472 e. The van der Waals surface area contributed by atoms with Gasteiger partial charge in [-0.2, -0.15) is 9.99 Å². The minimum Gasteiger partial charge on any atom is -0.369 e. The SMILES string of the molecule is Nc1nc2c(c(=O)[nH]1)N[C@@H]1[C@@H](O[C@@H]3COP(=O)(O)O[C@@H]3C1(O)O)N2N=O. The van der Waals surface area contributed by atoms with E-state index >= 15 is 0 Å². The van der Waals surface area contributed by atoms with Gasteiger partial charge in [0.25, 0.3) is 5.56 Å². The lowest BCUT2D eigenvalue weighted by atomic mass is 9.90. The van der Waals surface area contributed by atoms with Crippen molar-refractivity contribution < 1.29 is 33.5 Å². The summed E-state index contributed by atoms with van der Waals surface area (Å²) in [4.78, 5) is 38.8. The summed E-state index contributed by atoms with van der Waals surface area (Å²) in [5, 5.41) is 26.9. The summed E-state index contributed by atoms with van der Waals surface area (Å²) in [7, 11) is -4.53. The van der Waals surface area contributed by atoms with E-state index in [1.165, 1.54) is 0 Å². The Bertz CT molecular complexity index is 875. The lowest BCUT2D eigenvalue weighted by molar-refractivity contribution is -0.316. The molecule has 1 aromatic rings. The summed E-state index contributed by atoms with van der Waals surface area (Å²) < 4.78 is 26.5. The summed E-state index contributed by atoms with van der Waals surface area (Å²) >= 11 is 0. The summed E-state index contributed by atoms with van der Waals surface area (Å²) in [5.41, 5.74) is 4.32. The van der Waals surface area contributed by atoms with Crippen molar-refractivity contribution in [1.29, 1.82) is 0 Å². The van der Waals surface area contributed by atoms with Crippen LogP contribution in [0.3, 0.4) is 0 Å². The van der Waals surface area contributed by atoms with E-state index < -0.39 is 50.3 Å². The molecule has 0 saturated carbocycles. The number of aliphatic hydroxyl groups is 2. The number of nitrogens with two attached hydrogens (primary N) is 1. The molecule has 5 atom stereocenters. The molecule has 26 heavy (non-hydrogen) atoms. The van der Waals surface area contributed by atoms with E-state index in [2.05, 4.69) is 25.1 Å². The van der Waals surface area contributed by atoms with Crippen LogP contribution in [0, 0.1) is 4.91 Å². The van der Waals surface area contributed by atoms with Crippen molar-refractivity contribution in [2.75, 3.05) is 22.7 Å². The van der Waals surface area contributed by atoms with Gasteiger partial charge in [-0.3, -0.25) is 18.8 Å². The third-order valence-corrected chi connectivity index (χ3v) is 5.20. The molecule has 7 N–H and O–H groups in total. The Morgan fingerprint density at radius 1 is 1.46 bits per heavy atom. The van der Waals surface area contributed by atoms with Crippen LogP contribution in [0.1, 0.15) is 0 Å². The van der Waals surface area contributed by atoms with Gasteiger partial charge in [0.1, 0.15) is 17.8 Å². The van der Waals surface area contributed by atoms with E-state index in [4.69, 9.17) is 15.0 Å². The van der Waals surface area contributed by atoms with Crippen LogP contribution in [-0.4, -0.2) is 61.9 Å². The number of anilines is 3. The van der Waals surface area contributed by atoms with Crippen LogP contribution in [0.4, 0.5) is 17.5 Å². The number of phosphoric ester groups is 1. The number of hydrogen-bond donors (Lipinski definition) is 6. The maximum absolute atomic E-state index is 12.1. The zero-order chi connectivity index (χ0) is 18.9. The molecule has 0 spiro atoms. The Labute approximate surface area is 143 Å². The molecule has 3 aliphatic heterocycles. The Morgan fingerprint density at radius 3 is 2.88 bits per heavy atom. The lowest BCUT2D eigenvalue weighted by Crippen LogP contribution is -2.74. The number of phosphoric acid groups is 1. The number of nitrogens with zero attached hydrogens (tertiary/aromatic N) is 3. The van der Waals surface area contributed by atoms with E-state index in [0.29, 0.717) is 5.01 Å². The molecule has 0 radical (unpaired) electrons. The van der Waals surface area contributed by atoms with E-state index in [9.17, 15) is 29.4 Å². The Morgan fingerprint density at radius 2 is 2.19 bits per heavy atom. The molecule has 4 heterocycles. The topological polar surface area (TPSA) is 222 Å². The van der Waals surface area contributed by atoms with E-state index in [-0.39, 0.29) is 17.5 Å². The summed E-state index contributed by atoms with van der Waals surface area (Å²) in [6, 6.07) is -1.57. The predicted octanol–water partition coefficient (Wildman–Crippen LogP) is -2.44. The largest absolute Gasteiger partial charge is 0.472 e. The zero-order valence-corrected chi connectivity index (χ0v) is 13.6. The highest BCUT2D eigenvalue weighted by atomic mass is 31.2. The van der Waals surface area contributed by atoms with Gasteiger partial charge in [-0.05, 0) is 0 Å². The molecule has 15 nitrogen and oxygen atoms in total. The normalized spacial score (nSPS) is 37.7. The quantitative estimate of drug-likeness (QED) is 0.166. The molecule has 2 fully saturated rings. The molecule has 3 aliphatic rings. The number of nitrogen functional groups attached to an aromatic ring is 1.